The van der Waals surface area contributed by atoms with E-state index in [-0.39, 0.29) is 0 Å². The molecule has 0 saturated carbocycles. The first kappa shape index (κ1) is 16.2. The zero-order valence-corrected chi connectivity index (χ0v) is 13.5. The molecular formula is C15H26ClN3. The van der Waals surface area contributed by atoms with Crippen LogP contribution in [0, 0.1) is 12.8 Å². The second-order valence-electron chi connectivity index (χ2n) is 5.63. The van der Waals surface area contributed by atoms with Gasteiger partial charge in [0.15, 0.2) is 0 Å². The second kappa shape index (κ2) is 7.68. The Morgan fingerprint density at radius 2 is 1.84 bits per heavy atom. The molecule has 4 heteroatoms. The molecular weight excluding hydrogens is 258 g/mol. The highest BCUT2D eigenvalue weighted by Crippen LogP contribution is 2.21. The molecule has 19 heavy (non-hydrogen) atoms. The van der Waals surface area contributed by atoms with E-state index >= 15 is 0 Å². The van der Waals surface area contributed by atoms with Crippen molar-refractivity contribution in [3.63, 3.8) is 0 Å². The van der Waals surface area contributed by atoms with E-state index in [1.165, 1.54) is 12.8 Å². The van der Waals surface area contributed by atoms with Gasteiger partial charge in [-0.25, -0.2) is 9.97 Å². The molecule has 1 rings (SSSR count). The topological polar surface area (TPSA) is 37.8 Å². The van der Waals surface area contributed by atoms with Crippen LogP contribution in [0.4, 0.5) is 5.82 Å². The summed E-state index contributed by atoms with van der Waals surface area (Å²) in [7, 11) is 0. The summed E-state index contributed by atoms with van der Waals surface area (Å²) >= 11 is 6.14. The van der Waals surface area contributed by atoms with Crippen molar-refractivity contribution in [1.29, 1.82) is 0 Å². The molecule has 0 aliphatic carbocycles. The minimum Gasteiger partial charge on any atom is -0.367 e. The molecule has 0 fully saturated rings. The molecule has 1 N–H and O–H groups in total. The summed E-state index contributed by atoms with van der Waals surface area (Å²) in [4.78, 5) is 8.79. The first-order valence-electron chi connectivity index (χ1n) is 7.23. The van der Waals surface area contributed by atoms with E-state index in [1.807, 2.05) is 13.8 Å². The number of hydrogen-bond acceptors (Lipinski definition) is 3. The molecule has 0 radical (unpaired) electrons. The minimum atomic E-state index is 0.410. The Hall–Kier alpha value is -0.830. The highest BCUT2D eigenvalue weighted by atomic mass is 35.5. The van der Waals surface area contributed by atoms with Crippen LogP contribution in [0.1, 0.15) is 58.3 Å². The van der Waals surface area contributed by atoms with Gasteiger partial charge in [-0.15, -0.1) is 0 Å². The summed E-state index contributed by atoms with van der Waals surface area (Å²) in [5.74, 6) is 2.45. The fraction of sp³-hybridized carbons (Fsp3) is 0.733. The summed E-state index contributed by atoms with van der Waals surface area (Å²) in [6.07, 6.45) is 4.47. The van der Waals surface area contributed by atoms with Gasteiger partial charge in [0, 0.05) is 18.0 Å². The summed E-state index contributed by atoms with van der Waals surface area (Å²) in [6, 6.07) is 0.410. The second-order valence-corrected chi connectivity index (χ2v) is 5.99. The predicted octanol–water partition coefficient (Wildman–Crippen LogP) is 4.63. The number of rotatable bonds is 7. The molecule has 1 heterocycles. The van der Waals surface area contributed by atoms with Crippen molar-refractivity contribution in [2.45, 2.75) is 66.3 Å². The first-order chi connectivity index (χ1) is 8.93. The van der Waals surface area contributed by atoms with Gasteiger partial charge in [-0.05, 0) is 26.2 Å². The van der Waals surface area contributed by atoms with E-state index < -0.39 is 0 Å². The van der Waals surface area contributed by atoms with E-state index in [4.69, 9.17) is 11.6 Å². The smallest absolute Gasteiger partial charge is 0.137 e. The first-order valence-corrected chi connectivity index (χ1v) is 7.61. The molecule has 0 saturated heterocycles. The third-order valence-electron chi connectivity index (χ3n) is 3.25. The van der Waals surface area contributed by atoms with Crippen LogP contribution in [0.15, 0.2) is 0 Å². The maximum atomic E-state index is 6.14. The van der Waals surface area contributed by atoms with Crippen LogP contribution in [0.25, 0.3) is 0 Å². The lowest BCUT2D eigenvalue weighted by Crippen LogP contribution is -2.18. The number of halogens is 1. The molecule has 0 aliphatic heterocycles. The van der Waals surface area contributed by atoms with Gasteiger partial charge in [0.25, 0.3) is 0 Å². The van der Waals surface area contributed by atoms with Gasteiger partial charge < -0.3 is 5.32 Å². The number of anilines is 1. The third kappa shape index (κ3) is 5.35. The van der Waals surface area contributed by atoms with Crippen molar-refractivity contribution in [3.05, 3.63) is 16.5 Å². The summed E-state index contributed by atoms with van der Waals surface area (Å²) in [5.41, 5.74) is 0.939. The Morgan fingerprint density at radius 1 is 1.16 bits per heavy atom. The van der Waals surface area contributed by atoms with Crippen molar-refractivity contribution in [2.75, 3.05) is 5.32 Å². The van der Waals surface area contributed by atoms with Gasteiger partial charge in [-0.2, -0.15) is 0 Å². The standard InChI is InChI=1S/C15H26ClN3/c1-6-13-18-14(16)12(5)15(19-13)17-11(4)9-7-8-10(2)3/h10-11H,6-9H2,1-5H3,(H,17,18,19). The van der Waals surface area contributed by atoms with Gasteiger partial charge >= 0.3 is 0 Å². The summed E-state index contributed by atoms with van der Waals surface area (Å²) in [6.45, 7) is 10.7. The van der Waals surface area contributed by atoms with Gasteiger partial charge in [0.2, 0.25) is 0 Å². The van der Waals surface area contributed by atoms with Gasteiger partial charge in [0.1, 0.15) is 16.8 Å². The van der Waals surface area contributed by atoms with Crippen LogP contribution in [-0.4, -0.2) is 16.0 Å². The van der Waals surface area contributed by atoms with E-state index in [1.54, 1.807) is 0 Å². The Morgan fingerprint density at radius 3 is 2.42 bits per heavy atom. The van der Waals surface area contributed by atoms with Crippen molar-refractivity contribution < 1.29 is 0 Å². The van der Waals surface area contributed by atoms with E-state index in [0.29, 0.717) is 11.2 Å². The van der Waals surface area contributed by atoms with Crippen LogP contribution in [-0.2, 0) is 6.42 Å². The molecule has 1 unspecified atom stereocenters. The van der Waals surface area contributed by atoms with E-state index in [0.717, 1.165) is 36.0 Å². The maximum absolute atomic E-state index is 6.14. The fourth-order valence-corrected chi connectivity index (χ4v) is 2.16. The molecule has 0 amide bonds. The van der Waals surface area contributed by atoms with Gasteiger partial charge in [-0.3, -0.25) is 0 Å². The molecule has 0 bridgehead atoms. The third-order valence-corrected chi connectivity index (χ3v) is 3.62. The molecule has 0 aromatic carbocycles. The Labute approximate surface area is 122 Å². The van der Waals surface area contributed by atoms with E-state index in [9.17, 15) is 0 Å². The average molecular weight is 284 g/mol. The molecule has 3 nitrogen and oxygen atoms in total. The van der Waals surface area contributed by atoms with Crippen molar-refractivity contribution >= 4 is 17.4 Å². The fourth-order valence-electron chi connectivity index (χ4n) is 1.97. The molecule has 1 aromatic rings. The number of nitrogens with zero attached hydrogens (tertiary/aromatic N) is 2. The Kier molecular flexibility index (Phi) is 6.56. The largest absolute Gasteiger partial charge is 0.367 e. The quantitative estimate of drug-likeness (QED) is 0.742. The number of aryl methyl sites for hydroxylation is 1. The molecule has 1 atom stereocenters. The molecule has 108 valence electrons. The molecule has 0 spiro atoms. The van der Waals surface area contributed by atoms with Crippen LogP contribution in [0.3, 0.4) is 0 Å². The SMILES string of the molecule is CCc1nc(Cl)c(C)c(NC(C)CCCC(C)C)n1. The van der Waals surface area contributed by atoms with E-state index in [2.05, 4.69) is 36.1 Å². The number of aromatic nitrogens is 2. The van der Waals surface area contributed by atoms with Crippen LogP contribution >= 0.6 is 11.6 Å². The lowest BCUT2D eigenvalue weighted by Gasteiger charge is -2.17. The lowest BCUT2D eigenvalue weighted by atomic mass is 10.0. The van der Waals surface area contributed by atoms with Gasteiger partial charge in [-0.1, -0.05) is 45.2 Å². The monoisotopic (exact) mass is 283 g/mol. The zero-order valence-electron chi connectivity index (χ0n) is 12.8. The number of nitrogens with one attached hydrogen (secondary N) is 1. The molecule has 0 aliphatic rings. The Balaban J connectivity index is 2.63. The normalized spacial score (nSPS) is 12.8. The van der Waals surface area contributed by atoms with Crippen molar-refractivity contribution in [2.24, 2.45) is 5.92 Å². The van der Waals surface area contributed by atoms with Crippen LogP contribution < -0.4 is 5.32 Å². The highest BCUT2D eigenvalue weighted by Gasteiger charge is 2.11. The Bertz CT molecular complexity index is 405. The predicted molar refractivity (Wildman–Crippen MR) is 82.9 cm³/mol. The zero-order chi connectivity index (χ0) is 14.4. The minimum absolute atomic E-state index is 0.410. The van der Waals surface area contributed by atoms with Crippen LogP contribution in [0.5, 0.6) is 0 Å². The number of hydrogen-bond donors (Lipinski definition) is 1. The van der Waals surface area contributed by atoms with Gasteiger partial charge in [0.05, 0.1) is 0 Å². The lowest BCUT2D eigenvalue weighted by molar-refractivity contribution is 0.519. The van der Waals surface area contributed by atoms with Crippen LogP contribution in [0.2, 0.25) is 5.15 Å². The van der Waals surface area contributed by atoms with Crippen molar-refractivity contribution in [3.8, 4) is 0 Å². The average Bonchev–Trinajstić information content (AvgIpc) is 2.34. The summed E-state index contributed by atoms with van der Waals surface area (Å²) in [5, 5.41) is 4.02. The maximum Gasteiger partial charge on any atom is 0.137 e. The summed E-state index contributed by atoms with van der Waals surface area (Å²) < 4.78 is 0. The molecule has 1 aromatic heterocycles. The highest BCUT2D eigenvalue weighted by molar-refractivity contribution is 6.30. The van der Waals surface area contributed by atoms with Crippen molar-refractivity contribution in [1.82, 2.24) is 9.97 Å².